The van der Waals surface area contributed by atoms with Gasteiger partial charge in [-0.15, -0.1) is 0 Å². The maximum Gasteiger partial charge on any atom is 0.267 e. The molecule has 1 aromatic heterocycles. The Morgan fingerprint density at radius 1 is 1.53 bits per heavy atom. The maximum atomic E-state index is 12.2. The minimum absolute atomic E-state index is 0.0892. The van der Waals surface area contributed by atoms with Gasteiger partial charge >= 0.3 is 0 Å². The molecule has 0 saturated carbocycles. The number of hydrogen-bond donors (Lipinski definition) is 3. The van der Waals surface area contributed by atoms with Crippen LogP contribution >= 0.6 is 0 Å². The van der Waals surface area contributed by atoms with Crippen molar-refractivity contribution in [3.63, 3.8) is 0 Å². The van der Waals surface area contributed by atoms with Gasteiger partial charge in [0.15, 0.2) is 0 Å². The monoisotopic (exact) mass is 286 g/mol. The highest BCUT2D eigenvalue weighted by atomic mass is 32.2. The number of nitrogens with zero attached hydrogens (tertiary/aromatic N) is 1. The Hall–Kier alpha value is -1.38. The molecule has 1 aromatic rings. The summed E-state index contributed by atoms with van der Waals surface area (Å²) in [4.78, 5) is 11.7. The van der Waals surface area contributed by atoms with Gasteiger partial charge in [0.1, 0.15) is 10.6 Å². The predicted octanol–water partition coefficient (Wildman–Crippen LogP) is -0.975. The molecular weight excluding hydrogens is 268 g/mol. The molecule has 0 unspecified atom stereocenters. The molecule has 0 radical (unpaired) electrons. The Kier molecular flexibility index (Phi) is 3.93. The van der Waals surface area contributed by atoms with Crippen LogP contribution in [0.2, 0.25) is 0 Å². The lowest BCUT2D eigenvalue weighted by atomic mass is 10.3. The summed E-state index contributed by atoms with van der Waals surface area (Å²) in [6.07, 6.45) is 2.21. The first-order valence-corrected chi connectivity index (χ1v) is 7.54. The van der Waals surface area contributed by atoms with Crippen molar-refractivity contribution in [1.82, 2.24) is 19.9 Å². The molecule has 1 saturated heterocycles. The summed E-state index contributed by atoms with van der Waals surface area (Å²) in [7, 11) is -0.432. The van der Waals surface area contributed by atoms with Gasteiger partial charge in [-0.2, -0.15) is 0 Å². The SMILES string of the molecule is CNC(=O)c1cc(S(=O)(=O)N[C@@H]2CCNC2)cn1C. The van der Waals surface area contributed by atoms with Crippen molar-refractivity contribution in [3.05, 3.63) is 18.0 Å². The molecule has 1 atom stereocenters. The molecule has 0 aliphatic carbocycles. The van der Waals surface area contributed by atoms with E-state index in [1.54, 1.807) is 7.05 Å². The second kappa shape index (κ2) is 5.32. The van der Waals surface area contributed by atoms with Crippen LogP contribution in [0.1, 0.15) is 16.9 Å². The van der Waals surface area contributed by atoms with Crippen molar-refractivity contribution in [2.24, 2.45) is 7.05 Å². The first-order chi connectivity index (χ1) is 8.94. The standard InChI is InChI=1S/C11H18N4O3S/c1-12-11(16)10-5-9(7-15(10)2)19(17,18)14-8-3-4-13-6-8/h5,7-8,13-14H,3-4,6H2,1-2H3,(H,12,16)/t8-/m1/s1. The Morgan fingerprint density at radius 2 is 2.26 bits per heavy atom. The van der Waals surface area contributed by atoms with Crippen LogP contribution in [0.15, 0.2) is 17.2 Å². The van der Waals surface area contributed by atoms with Crippen molar-refractivity contribution in [2.75, 3.05) is 20.1 Å². The fourth-order valence-electron chi connectivity index (χ4n) is 2.08. The fourth-order valence-corrected chi connectivity index (χ4v) is 3.42. The molecular formula is C11H18N4O3S. The normalized spacial score (nSPS) is 19.6. The molecule has 1 aliphatic heterocycles. The molecule has 7 nitrogen and oxygen atoms in total. The smallest absolute Gasteiger partial charge is 0.267 e. The maximum absolute atomic E-state index is 12.2. The predicted molar refractivity (Wildman–Crippen MR) is 70.4 cm³/mol. The van der Waals surface area contributed by atoms with E-state index in [4.69, 9.17) is 0 Å². The minimum atomic E-state index is -3.58. The molecule has 1 aliphatic rings. The highest BCUT2D eigenvalue weighted by Gasteiger charge is 2.25. The summed E-state index contributed by atoms with van der Waals surface area (Å²) in [6.45, 7) is 1.44. The Morgan fingerprint density at radius 3 is 2.84 bits per heavy atom. The largest absolute Gasteiger partial charge is 0.354 e. The third kappa shape index (κ3) is 2.96. The average Bonchev–Trinajstić information content (AvgIpc) is 2.97. The lowest BCUT2D eigenvalue weighted by Crippen LogP contribution is -2.36. The van der Waals surface area contributed by atoms with E-state index in [0.29, 0.717) is 12.2 Å². The van der Waals surface area contributed by atoms with E-state index in [9.17, 15) is 13.2 Å². The van der Waals surface area contributed by atoms with Gasteiger partial charge in [-0.1, -0.05) is 0 Å². The number of sulfonamides is 1. The highest BCUT2D eigenvalue weighted by Crippen LogP contribution is 2.14. The number of carbonyl (C=O) groups excluding carboxylic acids is 1. The molecule has 1 fully saturated rings. The van der Waals surface area contributed by atoms with E-state index in [2.05, 4.69) is 15.4 Å². The third-order valence-corrected chi connectivity index (χ3v) is 4.62. The van der Waals surface area contributed by atoms with E-state index in [1.807, 2.05) is 0 Å². The molecule has 0 bridgehead atoms. The molecule has 0 aromatic carbocycles. The van der Waals surface area contributed by atoms with E-state index in [-0.39, 0.29) is 16.8 Å². The van der Waals surface area contributed by atoms with Crippen molar-refractivity contribution in [1.29, 1.82) is 0 Å². The van der Waals surface area contributed by atoms with Gasteiger partial charge in [0.25, 0.3) is 5.91 Å². The summed E-state index contributed by atoms with van der Waals surface area (Å²) < 4.78 is 28.5. The molecule has 106 valence electrons. The zero-order chi connectivity index (χ0) is 14.0. The molecule has 19 heavy (non-hydrogen) atoms. The van der Waals surface area contributed by atoms with E-state index in [1.165, 1.54) is 23.9 Å². The number of hydrogen-bond acceptors (Lipinski definition) is 4. The first kappa shape index (κ1) is 14.0. The molecule has 1 amide bonds. The lowest BCUT2D eigenvalue weighted by Gasteiger charge is -2.10. The van der Waals surface area contributed by atoms with Crippen LogP contribution in [0, 0.1) is 0 Å². The van der Waals surface area contributed by atoms with Crippen LogP contribution < -0.4 is 15.4 Å². The summed E-state index contributed by atoms with van der Waals surface area (Å²) >= 11 is 0. The summed E-state index contributed by atoms with van der Waals surface area (Å²) in [6, 6.07) is 1.29. The number of aromatic nitrogens is 1. The van der Waals surface area contributed by atoms with Crippen molar-refractivity contribution >= 4 is 15.9 Å². The number of amides is 1. The lowest BCUT2D eigenvalue weighted by molar-refractivity contribution is 0.0955. The first-order valence-electron chi connectivity index (χ1n) is 6.05. The summed E-state index contributed by atoms with van der Waals surface area (Å²) in [5.74, 6) is -0.313. The van der Waals surface area contributed by atoms with Gasteiger partial charge in [-0.05, 0) is 19.0 Å². The number of carbonyl (C=O) groups is 1. The second-order valence-electron chi connectivity index (χ2n) is 4.56. The molecule has 2 heterocycles. The van der Waals surface area contributed by atoms with Crippen molar-refractivity contribution < 1.29 is 13.2 Å². The Balaban J connectivity index is 2.23. The van der Waals surface area contributed by atoms with Gasteiger partial charge in [0, 0.05) is 32.9 Å². The number of rotatable bonds is 4. The molecule has 2 rings (SSSR count). The van der Waals surface area contributed by atoms with E-state index >= 15 is 0 Å². The molecule has 8 heteroatoms. The van der Waals surface area contributed by atoms with Crippen LogP contribution in [-0.4, -0.2) is 45.1 Å². The van der Waals surface area contributed by atoms with Gasteiger partial charge in [-0.3, -0.25) is 4.79 Å². The molecule has 0 spiro atoms. The Bertz CT molecular complexity index is 573. The van der Waals surface area contributed by atoms with E-state index < -0.39 is 10.0 Å². The fraction of sp³-hybridized carbons (Fsp3) is 0.545. The van der Waals surface area contributed by atoms with E-state index in [0.717, 1.165) is 13.0 Å². The van der Waals surface area contributed by atoms with Crippen LogP contribution in [0.3, 0.4) is 0 Å². The van der Waals surface area contributed by atoms with Gasteiger partial charge in [0.05, 0.1) is 0 Å². The van der Waals surface area contributed by atoms with Crippen molar-refractivity contribution in [2.45, 2.75) is 17.4 Å². The quantitative estimate of drug-likeness (QED) is 0.664. The minimum Gasteiger partial charge on any atom is -0.354 e. The van der Waals surface area contributed by atoms with Crippen LogP contribution in [0.4, 0.5) is 0 Å². The summed E-state index contributed by atoms with van der Waals surface area (Å²) in [5.41, 5.74) is 0.312. The average molecular weight is 286 g/mol. The third-order valence-electron chi connectivity index (χ3n) is 3.13. The van der Waals surface area contributed by atoms with Gasteiger partial charge in [-0.25, -0.2) is 13.1 Å². The van der Waals surface area contributed by atoms with Crippen LogP contribution in [-0.2, 0) is 17.1 Å². The topological polar surface area (TPSA) is 92.2 Å². The summed E-state index contributed by atoms with van der Waals surface area (Å²) in [5, 5.41) is 5.57. The van der Waals surface area contributed by atoms with Crippen molar-refractivity contribution in [3.8, 4) is 0 Å². The number of aryl methyl sites for hydroxylation is 1. The zero-order valence-corrected chi connectivity index (χ0v) is 11.8. The van der Waals surface area contributed by atoms with Gasteiger partial charge in [0.2, 0.25) is 10.0 Å². The van der Waals surface area contributed by atoms with Gasteiger partial charge < -0.3 is 15.2 Å². The second-order valence-corrected chi connectivity index (χ2v) is 6.28. The number of nitrogens with one attached hydrogen (secondary N) is 3. The Labute approximate surface area is 112 Å². The van der Waals surface area contributed by atoms with Crippen LogP contribution in [0.5, 0.6) is 0 Å². The zero-order valence-electron chi connectivity index (χ0n) is 10.9. The molecule has 3 N–H and O–H groups in total. The van der Waals surface area contributed by atoms with Crippen LogP contribution in [0.25, 0.3) is 0 Å². The highest BCUT2D eigenvalue weighted by molar-refractivity contribution is 7.89.